The molecule has 0 saturated carbocycles. The number of ether oxygens (including phenoxy) is 2. The van der Waals surface area contributed by atoms with Gasteiger partial charge in [0.15, 0.2) is 5.25 Å². The maximum atomic E-state index is 11.6. The lowest BCUT2D eigenvalue weighted by Crippen LogP contribution is -2.34. The fourth-order valence-electron chi connectivity index (χ4n) is 1.48. The molecule has 0 aliphatic rings. The van der Waals surface area contributed by atoms with Gasteiger partial charge in [0.2, 0.25) is 0 Å². The molecule has 0 aromatic rings. The topological polar surface area (TPSA) is 107 Å². The highest BCUT2D eigenvalue weighted by Gasteiger charge is 2.35. The molecule has 0 heterocycles. The molecule has 1 atom stereocenters. The molecule has 0 fully saturated rings. The van der Waals surface area contributed by atoms with Crippen molar-refractivity contribution in [2.75, 3.05) is 13.2 Å². The highest BCUT2D eigenvalue weighted by molar-refractivity contribution is 7.87. The second kappa shape index (κ2) is 9.71. The Hall–Kier alpha value is -1.15. The van der Waals surface area contributed by atoms with Crippen molar-refractivity contribution >= 4 is 22.1 Å². The Morgan fingerprint density at radius 2 is 1.75 bits per heavy atom. The summed E-state index contributed by atoms with van der Waals surface area (Å²) in [6, 6.07) is 0. The van der Waals surface area contributed by atoms with Crippen LogP contribution in [0.25, 0.3) is 0 Å². The summed E-state index contributed by atoms with van der Waals surface area (Å²) >= 11 is 0. The molecule has 1 unspecified atom stereocenters. The van der Waals surface area contributed by atoms with Gasteiger partial charge >= 0.3 is 11.9 Å². The van der Waals surface area contributed by atoms with E-state index in [0.717, 1.165) is 19.3 Å². The number of hydrogen-bond acceptors (Lipinski definition) is 6. The van der Waals surface area contributed by atoms with E-state index in [2.05, 4.69) is 4.74 Å². The highest BCUT2D eigenvalue weighted by atomic mass is 32.2. The summed E-state index contributed by atoms with van der Waals surface area (Å²) in [5, 5.41) is -1.92. The highest BCUT2D eigenvalue weighted by Crippen LogP contribution is 2.09. The minimum Gasteiger partial charge on any atom is -0.466 e. The van der Waals surface area contributed by atoms with E-state index in [4.69, 9.17) is 9.29 Å². The molecule has 0 radical (unpaired) electrons. The first-order chi connectivity index (χ1) is 9.32. The van der Waals surface area contributed by atoms with E-state index >= 15 is 0 Å². The van der Waals surface area contributed by atoms with Gasteiger partial charge in [0, 0.05) is 0 Å². The molecule has 0 aliphatic heterocycles. The molecule has 118 valence electrons. The van der Waals surface area contributed by atoms with E-state index in [1.165, 1.54) is 0 Å². The van der Waals surface area contributed by atoms with Gasteiger partial charge in [-0.25, -0.2) is 0 Å². The van der Waals surface area contributed by atoms with E-state index in [0.29, 0.717) is 6.42 Å². The van der Waals surface area contributed by atoms with Gasteiger partial charge in [0.1, 0.15) is 0 Å². The Morgan fingerprint density at radius 3 is 2.25 bits per heavy atom. The van der Waals surface area contributed by atoms with Crippen LogP contribution in [0.1, 0.15) is 46.0 Å². The van der Waals surface area contributed by atoms with Crippen LogP contribution in [0.15, 0.2) is 0 Å². The van der Waals surface area contributed by atoms with Crippen LogP contribution < -0.4 is 0 Å². The average Bonchev–Trinajstić information content (AvgIpc) is 2.34. The predicted molar refractivity (Wildman–Crippen MR) is 71.7 cm³/mol. The third-order valence-electron chi connectivity index (χ3n) is 2.52. The molecular formula is C12H22O7S. The summed E-state index contributed by atoms with van der Waals surface area (Å²) in [6.07, 6.45) is 2.72. The summed E-state index contributed by atoms with van der Waals surface area (Å²) < 4.78 is 40.5. The van der Waals surface area contributed by atoms with Gasteiger partial charge in [-0.15, -0.1) is 0 Å². The van der Waals surface area contributed by atoms with E-state index in [9.17, 15) is 18.0 Å². The summed E-state index contributed by atoms with van der Waals surface area (Å²) in [5.41, 5.74) is 0. The van der Waals surface area contributed by atoms with Crippen LogP contribution in [0.3, 0.4) is 0 Å². The molecule has 0 saturated heterocycles. The van der Waals surface area contributed by atoms with Crippen molar-refractivity contribution < 1.29 is 32.0 Å². The molecule has 20 heavy (non-hydrogen) atoms. The predicted octanol–water partition coefficient (Wildman–Crippen LogP) is 1.32. The van der Waals surface area contributed by atoms with Crippen LogP contribution >= 0.6 is 0 Å². The van der Waals surface area contributed by atoms with Crippen LogP contribution in [-0.2, 0) is 29.2 Å². The van der Waals surface area contributed by atoms with Crippen LogP contribution in [0, 0.1) is 0 Å². The molecule has 1 N–H and O–H groups in total. The molecule has 7 nitrogen and oxygen atoms in total. The average molecular weight is 310 g/mol. The molecule has 0 aliphatic carbocycles. The largest absolute Gasteiger partial charge is 0.466 e. The lowest BCUT2D eigenvalue weighted by atomic mass is 10.2. The molecule has 8 heteroatoms. The summed E-state index contributed by atoms with van der Waals surface area (Å²) in [6.45, 7) is 3.70. The second-order valence-corrected chi connectivity index (χ2v) is 5.84. The maximum absolute atomic E-state index is 11.6. The van der Waals surface area contributed by atoms with Gasteiger partial charge in [0.25, 0.3) is 10.1 Å². The Morgan fingerprint density at radius 1 is 1.10 bits per heavy atom. The Labute approximate surface area is 119 Å². The maximum Gasteiger partial charge on any atom is 0.327 e. The molecule has 0 rings (SSSR count). The van der Waals surface area contributed by atoms with Gasteiger partial charge in [-0.05, 0) is 13.3 Å². The first-order valence-corrected chi connectivity index (χ1v) is 8.11. The number of esters is 2. The van der Waals surface area contributed by atoms with Crippen molar-refractivity contribution in [1.29, 1.82) is 0 Å². The van der Waals surface area contributed by atoms with Gasteiger partial charge in [0.05, 0.1) is 19.6 Å². The molecular weight excluding hydrogens is 288 g/mol. The first kappa shape index (κ1) is 18.9. The van der Waals surface area contributed by atoms with E-state index in [1.807, 2.05) is 6.92 Å². The quantitative estimate of drug-likeness (QED) is 0.368. The van der Waals surface area contributed by atoms with Crippen molar-refractivity contribution in [2.24, 2.45) is 0 Å². The fraction of sp³-hybridized carbons (Fsp3) is 0.833. The van der Waals surface area contributed by atoms with Crippen LogP contribution in [0.2, 0.25) is 0 Å². The summed E-state index contributed by atoms with van der Waals surface area (Å²) in [7, 11) is -4.70. The van der Waals surface area contributed by atoms with Crippen molar-refractivity contribution in [1.82, 2.24) is 0 Å². The number of unbranched alkanes of at least 4 members (excludes halogenated alkanes) is 3. The van der Waals surface area contributed by atoms with Crippen molar-refractivity contribution in [3.05, 3.63) is 0 Å². The summed E-state index contributed by atoms with van der Waals surface area (Å²) in [5.74, 6) is -2.00. The third-order valence-corrected chi connectivity index (χ3v) is 3.60. The number of carbonyl (C=O) groups excluding carboxylic acids is 2. The normalized spacial score (nSPS) is 12.8. The smallest absolute Gasteiger partial charge is 0.327 e. The van der Waals surface area contributed by atoms with Crippen LogP contribution in [0.4, 0.5) is 0 Å². The Balaban J connectivity index is 4.41. The van der Waals surface area contributed by atoms with Crippen molar-refractivity contribution in [3.8, 4) is 0 Å². The van der Waals surface area contributed by atoms with E-state index in [-0.39, 0.29) is 13.2 Å². The molecule has 0 aromatic heterocycles. The number of hydrogen-bond donors (Lipinski definition) is 1. The molecule has 0 amide bonds. The number of carbonyl (C=O) groups is 2. The summed E-state index contributed by atoms with van der Waals surface area (Å²) in [4.78, 5) is 22.8. The molecule has 0 aromatic carbocycles. The number of rotatable bonds is 10. The standard InChI is InChI=1S/C12H22O7S/c1-3-5-6-7-8-19-12(14)10(20(15,16)17)9-11(13)18-4-2/h10H,3-9H2,1-2H3,(H,15,16,17). The molecule has 0 spiro atoms. The fourth-order valence-corrected chi connectivity index (χ4v) is 2.13. The van der Waals surface area contributed by atoms with E-state index in [1.54, 1.807) is 6.92 Å². The van der Waals surface area contributed by atoms with Crippen LogP contribution in [0.5, 0.6) is 0 Å². The zero-order valence-corrected chi connectivity index (χ0v) is 12.6. The minimum atomic E-state index is -4.70. The van der Waals surface area contributed by atoms with E-state index < -0.39 is 33.7 Å². The van der Waals surface area contributed by atoms with Crippen molar-refractivity contribution in [3.63, 3.8) is 0 Å². The Bertz CT molecular complexity index is 402. The monoisotopic (exact) mass is 310 g/mol. The minimum absolute atomic E-state index is 0.0586. The lowest BCUT2D eigenvalue weighted by molar-refractivity contribution is -0.149. The van der Waals surface area contributed by atoms with Crippen molar-refractivity contribution in [2.45, 2.75) is 51.2 Å². The molecule has 0 bridgehead atoms. The van der Waals surface area contributed by atoms with Crippen LogP contribution in [-0.4, -0.2) is 43.4 Å². The van der Waals surface area contributed by atoms with Gasteiger partial charge < -0.3 is 9.47 Å². The Kier molecular flexibility index (Phi) is 9.15. The van der Waals surface area contributed by atoms with Gasteiger partial charge in [-0.1, -0.05) is 26.2 Å². The van der Waals surface area contributed by atoms with Gasteiger partial charge in [-0.3, -0.25) is 14.1 Å². The SMILES string of the molecule is CCCCCCOC(=O)C(CC(=O)OCC)S(=O)(=O)O. The third kappa shape index (κ3) is 8.11. The zero-order valence-electron chi connectivity index (χ0n) is 11.8. The lowest BCUT2D eigenvalue weighted by Gasteiger charge is -2.12. The first-order valence-electron chi connectivity index (χ1n) is 6.61. The zero-order chi connectivity index (χ0) is 15.6. The van der Waals surface area contributed by atoms with Gasteiger partial charge in [-0.2, -0.15) is 8.42 Å². The second-order valence-electron chi connectivity index (χ2n) is 4.24.